The van der Waals surface area contributed by atoms with Gasteiger partial charge in [-0.25, -0.2) is 0 Å². The number of hydrogen-bond acceptors (Lipinski definition) is 3. The fourth-order valence-corrected chi connectivity index (χ4v) is 2.30. The van der Waals surface area contributed by atoms with Crippen LogP contribution >= 0.6 is 0 Å². The van der Waals surface area contributed by atoms with E-state index in [0.29, 0.717) is 24.1 Å². The highest BCUT2D eigenvalue weighted by atomic mass is 16.4. The van der Waals surface area contributed by atoms with Crippen LogP contribution in [0.1, 0.15) is 41.6 Å². The maximum Gasteiger partial charge on any atom is 0.319 e. The van der Waals surface area contributed by atoms with Crippen LogP contribution in [0.15, 0.2) is 18.2 Å². The smallest absolute Gasteiger partial charge is 0.319 e. The molecule has 0 heterocycles. The summed E-state index contributed by atoms with van der Waals surface area (Å²) in [5.41, 5.74) is 0.449. The van der Waals surface area contributed by atoms with Crippen molar-refractivity contribution in [3.05, 3.63) is 29.3 Å². The number of benzene rings is 1. The van der Waals surface area contributed by atoms with Gasteiger partial charge in [0, 0.05) is 17.3 Å². The molecule has 0 unspecified atom stereocenters. The highest BCUT2D eigenvalue weighted by Crippen LogP contribution is 2.46. The Morgan fingerprint density at radius 1 is 1.23 bits per heavy atom. The number of amides is 2. The Morgan fingerprint density at radius 3 is 2.45 bits per heavy atom. The highest BCUT2D eigenvalue weighted by Gasteiger charge is 2.57. The van der Waals surface area contributed by atoms with E-state index >= 15 is 0 Å². The number of aryl methyl sites for hydroxylation is 1. The second kappa shape index (κ2) is 5.12. The number of nitrogens with one attached hydrogen (secondary N) is 2. The predicted molar refractivity (Wildman–Crippen MR) is 79.6 cm³/mol. The molecule has 0 spiro atoms. The average Bonchev–Trinajstić information content (AvgIpc) is 3.35. The third-order valence-corrected chi connectivity index (χ3v) is 4.25. The lowest BCUT2D eigenvalue weighted by Gasteiger charge is -2.14. The van der Waals surface area contributed by atoms with Gasteiger partial charge in [0.2, 0.25) is 5.91 Å². The summed E-state index contributed by atoms with van der Waals surface area (Å²) in [5, 5.41) is 14.7. The molecule has 2 aliphatic carbocycles. The van der Waals surface area contributed by atoms with Crippen LogP contribution in [0.5, 0.6) is 0 Å². The minimum absolute atomic E-state index is 0.169. The van der Waals surface area contributed by atoms with Crippen molar-refractivity contribution in [1.82, 2.24) is 5.32 Å². The minimum atomic E-state index is -1.29. The first kappa shape index (κ1) is 14.6. The van der Waals surface area contributed by atoms with E-state index in [4.69, 9.17) is 5.11 Å². The topological polar surface area (TPSA) is 95.5 Å². The lowest BCUT2D eigenvalue weighted by Crippen LogP contribution is -2.31. The van der Waals surface area contributed by atoms with Crippen molar-refractivity contribution in [2.24, 2.45) is 5.41 Å². The van der Waals surface area contributed by atoms with Crippen molar-refractivity contribution >= 4 is 23.5 Å². The van der Waals surface area contributed by atoms with E-state index in [2.05, 4.69) is 10.6 Å². The van der Waals surface area contributed by atoms with Gasteiger partial charge in [-0.05, 0) is 50.3 Å². The normalized spacial score (nSPS) is 18.4. The number of aliphatic carboxylic acids is 1. The molecule has 2 fully saturated rings. The summed E-state index contributed by atoms with van der Waals surface area (Å²) in [7, 11) is 0. The predicted octanol–water partition coefficient (Wildman–Crippen LogP) is 1.69. The van der Waals surface area contributed by atoms with Crippen LogP contribution in [0.3, 0.4) is 0 Å². The van der Waals surface area contributed by atoms with E-state index in [0.717, 1.165) is 18.4 Å². The van der Waals surface area contributed by atoms with Gasteiger partial charge in [0.1, 0.15) is 5.41 Å². The first-order valence-corrected chi connectivity index (χ1v) is 7.39. The number of anilines is 1. The van der Waals surface area contributed by atoms with E-state index in [1.165, 1.54) is 0 Å². The van der Waals surface area contributed by atoms with Crippen LogP contribution in [0.2, 0.25) is 0 Å². The van der Waals surface area contributed by atoms with Crippen LogP contribution in [0, 0.1) is 12.3 Å². The first-order valence-electron chi connectivity index (χ1n) is 7.39. The molecule has 6 heteroatoms. The third-order valence-electron chi connectivity index (χ3n) is 4.25. The molecule has 3 N–H and O–H groups in total. The summed E-state index contributed by atoms with van der Waals surface area (Å²) in [4.78, 5) is 35.4. The fourth-order valence-electron chi connectivity index (χ4n) is 2.30. The van der Waals surface area contributed by atoms with Crippen LogP contribution in [0.4, 0.5) is 5.69 Å². The molecule has 0 aromatic heterocycles. The van der Waals surface area contributed by atoms with Crippen molar-refractivity contribution in [3.8, 4) is 0 Å². The molecule has 22 heavy (non-hydrogen) atoms. The molecule has 2 amide bonds. The zero-order valence-electron chi connectivity index (χ0n) is 12.3. The molecule has 0 aliphatic heterocycles. The number of carbonyl (C=O) groups excluding carboxylic acids is 2. The maximum absolute atomic E-state index is 12.2. The zero-order chi connectivity index (χ0) is 15.9. The molecule has 0 saturated heterocycles. The third kappa shape index (κ3) is 2.68. The van der Waals surface area contributed by atoms with Gasteiger partial charge in [-0.2, -0.15) is 0 Å². The van der Waals surface area contributed by atoms with E-state index in [1.54, 1.807) is 25.1 Å². The first-order chi connectivity index (χ1) is 10.4. The highest BCUT2D eigenvalue weighted by molar-refractivity contribution is 6.11. The quantitative estimate of drug-likeness (QED) is 0.721. The van der Waals surface area contributed by atoms with E-state index < -0.39 is 17.3 Å². The molecule has 6 nitrogen and oxygen atoms in total. The average molecular weight is 302 g/mol. The molecule has 2 saturated carbocycles. The Balaban J connectivity index is 1.76. The largest absolute Gasteiger partial charge is 0.480 e. The van der Waals surface area contributed by atoms with Gasteiger partial charge in [0.05, 0.1) is 0 Å². The van der Waals surface area contributed by atoms with Gasteiger partial charge >= 0.3 is 5.97 Å². The lowest BCUT2D eigenvalue weighted by atomic mass is 10.1. The van der Waals surface area contributed by atoms with Crippen molar-refractivity contribution in [2.45, 2.75) is 38.6 Å². The van der Waals surface area contributed by atoms with Gasteiger partial charge < -0.3 is 15.7 Å². The van der Waals surface area contributed by atoms with Gasteiger partial charge in [-0.3, -0.25) is 14.4 Å². The van der Waals surface area contributed by atoms with Crippen molar-refractivity contribution in [2.75, 3.05) is 5.32 Å². The summed E-state index contributed by atoms with van der Waals surface area (Å²) in [5.74, 6) is -1.77. The Labute approximate surface area is 127 Å². The molecule has 1 aromatic rings. The van der Waals surface area contributed by atoms with Crippen molar-refractivity contribution in [1.29, 1.82) is 0 Å². The number of carbonyl (C=O) groups is 3. The molecule has 3 rings (SSSR count). The Bertz CT molecular complexity index is 660. The Hall–Kier alpha value is -2.37. The van der Waals surface area contributed by atoms with Gasteiger partial charge in [-0.1, -0.05) is 6.07 Å². The second-order valence-electron chi connectivity index (χ2n) is 6.12. The zero-order valence-corrected chi connectivity index (χ0v) is 12.3. The number of rotatable bonds is 5. The maximum atomic E-state index is 12.2. The molecular formula is C16H18N2O4. The summed E-state index contributed by atoms with van der Waals surface area (Å²) in [6, 6.07) is 5.31. The molecule has 0 bridgehead atoms. The minimum Gasteiger partial charge on any atom is -0.480 e. The monoisotopic (exact) mass is 302 g/mol. The second-order valence-corrected chi connectivity index (χ2v) is 6.12. The summed E-state index contributed by atoms with van der Waals surface area (Å²) < 4.78 is 0. The summed E-state index contributed by atoms with van der Waals surface area (Å²) >= 11 is 0. The SMILES string of the molecule is Cc1ccc(C(=O)NC2CC2)cc1NC(=O)C1(C(=O)O)CC1. The fraction of sp³-hybridized carbons (Fsp3) is 0.438. The Kier molecular flexibility index (Phi) is 3.39. The van der Waals surface area contributed by atoms with Crippen LogP contribution in [-0.4, -0.2) is 28.9 Å². The standard InChI is InChI=1S/C16H18N2O4/c1-9-2-3-10(13(19)17-11-4-5-11)8-12(9)18-14(20)16(6-7-16)15(21)22/h2-3,8,11H,4-7H2,1H3,(H,17,19)(H,18,20)(H,21,22). The molecule has 1 aromatic carbocycles. The van der Waals surface area contributed by atoms with Gasteiger partial charge in [0.25, 0.3) is 5.91 Å². The summed E-state index contributed by atoms with van der Waals surface area (Å²) in [6.45, 7) is 1.80. The van der Waals surface area contributed by atoms with Crippen LogP contribution in [-0.2, 0) is 9.59 Å². The van der Waals surface area contributed by atoms with E-state index in [-0.39, 0.29) is 11.9 Å². The Morgan fingerprint density at radius 2 is 1.91 bits per heavy atom. The van der Waals surface area contributed by atoms with E-state index in [9.17, 15) is 14.4 Å². The molecule has 0 radical (unpaired) electrons. The van der Waals surface area contributed by atoms with Gasteiger partial charge in [-0.15, -0.1) is 0 Å². The van der Waals surface area contributed by atoms with Gasteiger partial charge in [0.15, 0.2) is 0 Å². The summed E-state index contributed by atoms with van der Waals surface area (Å²) in [6.07, 6.45) is 2.72. The molecule has 0 atom stereocenters. The number of hydrogen-bond donors (Lipinski definition) is 3. The number of carboxylic acid groups (broad SMARTS) is 1. The van der Waals surface area contributed by atoms with Crippen molar-refractivity contribution < 1.29 is 19.5 Å². The molecule has 2 aliphatic rings. The van der Waals surface area contributed by atoms with Crippen LogP contribution in [0.25, 0.3) is 0 Å². The van der Waals surface area contributed by atoms with Crippen LogP contribution < -0.4 is 10.6 Å². The molecular weight excluding hydrogens is 284 g/mol. The van der Waals surface area contributed by atoms with E-state index in [1.807, 2.05) is 0 Å². The van der Waals surface area contributed by atoms with Crippen molar-refractivity contribution in [3.63, 3.8) is 0 Å². The molecule has 116 valence electrons. The number of carboxylic acids is 1. The lowest BCUT2D eigenvalue weighted by molar-refractivity contribution is -0.147.